The van der Waals surface area contributed by atoms with E-state index in [-0.39, 0.29) is 5.91 Å². The van der Waals surface area contributed by atoms with Crippen LogP contribution >= 0.6 is 12.2 Å². The SMILES string of the molecule is C=CCOc1cccc([C@@H]2NC(=S)NC(C)=C2C(=O)Nc2ccccc2C(C)C)c1. The number of carbonyl (C=O) groups is 1. The molecule has 0 saturated carbocycles. The molecule has 1 atom stereocenters. The van der Waals surface area contributed by atoms with Gasteiger partial charge in [-0.25, -0.2) is 0 Å². The van der Waals surface area contributed by atoms with E-state index in [1.807, 2.05) is 55.5 Å². The van der Waals surface area contributed by atoms with Crippen molar-refractivity contribution in [1.82, 2.24) is 10.6 Å². The van der Waals surface area contributed by atoms with Gasteiger partial charge in [0.05, 0.1) is 11.6 Å². The maximum atomic E-state index is 13.4. The number of nitrogens with one attached hydrogen (secondary N) is 3. The zero-order valence-corrected chi connectivity index (χ0v) is 18.3. The van der Waals surface area contributed by atoms with Crippen LogP contribution in [0.5, 0.6) is 5.75 Å². The Morgan fingerprint density at radius 3 is 2.77 bits per heavy atom. The fraction of sp³-hybridized carbons (Fsp3) is 0.250. The topological polar surface area (TPSA) is 62.4 Å². The molecule has 0 saturated heterocycles. The summed E-state index contributed by atoms with van der Waals surface area (Å²) >= 11 is 5.35. The second-order valence-electron chi connectivity index (χ2n) is 7.44. The van der Waals surface area contributed by atoms with Crippen LogP contribution in [0.1, 0.15) is 43.9 Å². The first kappa shape index (κ1) is 21.6. The summed E-state index contributed by atoms with van der Waals surface area (Å²) in [5.41, 5.74) is 4.10. The monoisotopic (exact) mass is 421 g/mol. The van der Waals surface area contributed by atoms with Crippen LogP contribution in [-0.4, -0.2) is 17.6 Å². The first-order valence-electron chi connectivity index (χ1n) is 9.93. The first-order chi connectivity index (χ1) is 14.4. The molecule has 5 nitrogen and oxygen atoms in total. The quantitative estimate of drug-likeness (QED) is 0.443. The number of benzene rings is 2. The lowest BCUT2D eigenvalue weighted by Crippen LogP contribution is -2.45. The number of rotatable bonds is 7. The van der Waals surface area contributed by atoms with E-state index in [2.05, 4.69) is 36.4 Å². The van der Waals surface area contributed by atoms with Crippen molar-refractivity contribution in [1.29, 1.82) is 0 Å². The van der Waals surface area contributed by atoms with Crippen molar-refractivity contribution in [2.24, 2.45) is 0 Å². The molecule has 0 aliphatic carbocycles. The maximum absolute atomic E-state index is 13.4. The summed E-state index contributed by atoms with van der Waals surface area (Å²) in [6.07, 6.45) is 1.69. The molecule has 2 aromatic rings. The van der Waals surface area contributed by atoms with E-state index in [0.29, 0.717) is 29.0 Å². The van der Waals surface area contributed by atoms with E-state index < -0.39 is 6.04 Å². The molecule has 0 aromatic heterocycles. The van der Waals surface area contributed by atoms with Gasteiger partial charge in [0.25, 0.3) is 5.91 Å². The second-order valence-corrected chi connectivity index (χ2v) is 7.85. The van der Waals surface area contributed by atoms with Crippen molar-refractivity contribution < 1.29 is 9.53 Å². The van der Waals surface area contributed by atoms with Crippen LogP contribution in [0, 0.1) is 0 Å². The summed E-state index contributed by atoms with van der Waals surface area (Å²) in [5.74, 6) is 0.827. The highest BCUT2D eigenvalue weighted by molar-refractivity contribution is 7.80. The number of ether oxygens (including phenoxy) is 1. The normalized spacial score (nSPS) is 16.0. The van der Waals surface area contributed by atoms with Crippen LogP contribution in [0.2, 0.25) is 0 Å². The predicted octanol–water partition coefficient (Wildman–Crippen LogP) is 4.81. The van der Waals surface area contributed by atoms with E-state index in [9.17, 15) is 4.79 Å². The van der Waals surface area contributed by atoms with Gasteiger partial charge in [0.2, 0.25) is 0 Å². The van der Waals surface area contributed by atoms with Crippen molar-refractivity contribution in [3.05, 3.63) is 83.6 Å². The highest BCUT2D eigenvalue weighted by Gasteiger charge is 2.30. The molecular formula is C24H27N3O2S. The maximum Gasteiger partial charge on any atom is 0.255 e. The number of hydrogen-bond donors (Lipinski definition) is 3. The number of anilines is 1. The van der Waals surface area contributed by atoms with Crippen LogP contribution in [0.15, 0.2) is 72.5 Å². The van der Waals surface area contributed by atoms with E-state index in [0.717, 1.165) is 22.5 Å². The highest BCUT2D eigenvalue weighted by Crippen LogP contribution is 2.31. The Kier molecular flexibility index (Phi) is 6.90. The molecule has 2 aromatic carbocycles. The van der Waals surface area contributed by atoms with Crippen molar-refractivity contribution in [2.75, 3.05) is 11.9 Å². The lowest BCUT2D eigenvalue weighted by atomic mass is 9.94. The third-order valence-electron chi connectivity index (χ3n) is 4.90. The fourth-order valence-electron chi connectivity index (χ4n) is 3.49. The largest absolute Gasteiger partial charge is 0.490 e. The molecule has 0 spiro atoms. The van der Waals surface area contributed by atoms with E-state index in [1.165, 1.54) is 0 Å². The van der Waals surface area contributed by atoms with Crippen LogP contribution in [0.4, 0.5) is 5.69 Å². The smallest absolute Gasteiger partial charge is 0.255 e. The molecular weight excluding hydrogens is 394 g/mol. The molecule has 1 aliphatic heterocycles. The first-order valence-corrected chi connectivity index (χ1v) is 10.3. The third kappa shape index (κ3) is 4.89. The summed E-state index contributed by atoms with van der Waals surface area (Å²) in [7, 11) is 0. The Morgan fingerprint density at radius 1 is 1.27 bits per heavy atom. The molecule has 0 bridgehead atoms. The van der Waals surface area contributed by atoms with Crippen LogP contribution in [-0.2, 0) is 4.79 Å². The van der Waals surface area contributed by atoms with Crippen molar-refractivity contribution >= 4 is 28.9 Å². The van der Waals surface area contributed by atoms with Gasteiger partial charge in [-0.05, 0) is 54.4 Å². The van der Waals surface area contributed by atoms with Gasteiger partial charge in [0, 0.05) is 11.4 Å². The Labute approximate surface area is 183 Å². The molecule has 0 fully saturated rings. The van der Waals surface area contributed by atoms with Crippen LogP contribution < -0.4 is 20.7 Å². The van der Waals surface area contributed by atoms with Crippen molar-refractivity contribution in [2.45, 2.75) is 32.7 Å². The molecule has 3 rings (SSSR count). The summed E-state index contributed by atoms with van der Waals surface area (Å²) in [4.78, 5) is 13.4. The van der Waals surface area contributed by atoms with Gasteiger partial charge in [-0.3, -0.25) is 4.79 Å². The predicted molar refractivity (Wildman–Crippen MR) is 126 cm³/mol. The number of carbonyl (C=O) groups excluding carboxylic acids is 1. The van der Waals surface area contributed by atoms with Gasteiger partial charge >= 0.3 is 0 Å². The van der Waals surface area contributed by atoms with Crippen LogP contribution in [0.3, 0.4) is 0 Å². The number of allylic oxidation sites excluding steroid dienone is 1. The van der Waals surface area contributed by atoms with Gasteiger partial charge in [0.15, 0.2) is 5.11 Å². The average Bonchev–Trinajstić information content (AvgIpc) is 2.72. The minimum Gasteiger partial charge on any atom is -0.490 e. The standard InChI is InChI=1S/C24H27N3O2S/c1-5-13-29-18-10-8-9-17(14-18)22-21(16(4)25-24(30)27-22)23(28)26-20-12-7-6-11-19(20)15(2)3/h5-12,14-15,22H,1,13H2,2-4H3,(H,26,28)(H2,25,27,30)/t22-/m0/s1. The van der Waals surface area contributed by atoms with Gasteiger partial charge in [-0.15, -0.1) is 0 Å². The number of thiocarbonyl (C=S) groups is 1. The van der Waals surface area contributed by atoms with Gasteiger partial charge in [-0.1, -0.05) is 56.8 Å². The zero-order chi connectivity index (χ0) is 21.7. The summed E-state index contributed by atoms with van der Waals surface area (Å²) in [6, 6.07) is 15.1. The lowest BCUT2D eigenvalue weighted by molar-refractivity contribution is -0.113. The van der Waals surface area contributed by atoms with Gasteiger partial charge < -0.3 is 20.7 Å². The summed E-state index contributed by atoms with van der Waals surface area (Å²) < 4.78 is 5.66. The lowest BCUT2D eigenvalue weighted by Gasteiger charge is -2.30. The molecule has 1 heterocycles. The van der Waals surface area contributed by atoms with Crippen LogP contribution in [0.25, 0.3) is 0 Å². The molecule has 1 amide bonds. The average molecular weight is 422 g/mol. The minimum absolute atomic E-state index is 0.175. The second kappa shape index (κ2) is 9.59. The molecule has 0 radical (unpaired) electrons. The van der Waals surface area contributed by atoms with Crippen molar-refractivity contribution in [3.8, 4) is 5.75 Å². The van der Waals surface area contributed by atoms with Gasteiger partial charge in [-0.2, -0.15) is 0 Å². The van der Waals surface area contributed by atoms with E-state index >= 15 is 0 Å². The summed E-state index contributed by atoms with van der Waals surface area (Å²) in [6.45, 7) is 10.2. The zero-order valence-electron chi connectivity index (χ0n) is 17.5. The number of amides is 1. The van der Waals surface area contributed by atoms with E-state index in [4.69, 9.17) is 17.0 Å². The molecule has 156 valence electrons. The highest BCUT2D eigenvalue weighted by atomic mass is 32.1. The molecule has 3 N–H and O–H groups in total. The molecule has 1 aliphatic rings. The fourth-order valence-corrected chi connectivity index (χ4v) is 3.76. The molecule has 0 unspecified atom stereocenters. The minimum atomic E-state index is -0.391. The summed E-state index contributed by atoms with van der Waals surface area (Å²) in [5, 5.41) is 9.87. The Balaban J connectivity index is 1.95. The molecule has 30 heavy (non-hydrogen) atoms. The third-order valence-corrected chi connectivity index (χ3v) is 5.12. The van der Waals surface area contributed by atoms with Crippen molar-refractivity contribution in [3.63, 3.8) is 0 Å². The Bertz CT molecular complexity index is 997. The van der Waals surface area contributed by atoms with E-state index in [1.54, 1.807) is 6.08 Å². The van der Waals surface area contributed by atoms with Gasteiger partial charge in [0.1, 0.15) is 12.4 Å². The Morgan fingerprint density at radius 2 is 2.03 bits per heavy atom. The Hall–Kier alpha value is -3.12. The number of hydrogen-bond acceptors (Lipinski definition) is 3. The number of para-hydroxylation sites is 1. The molecule has 6 heteroatoms.